The standard InChI is InChI=1S/C27H24N2O4S/c30-25(21-12-6-2-7-13-21)29-24(19-34-18-20-10-4-1-5-11-20)27(31)33-17-23-16-32-26(28-23)22-14-8-3-9-15-22/h1-16,24H,17-19H2,(H,29,30)/t24-/m1/s1. The summed E-state index contributed by atoms with van der Waals surface area (Å²) in [5.74, 6) is 0.708. The van der Waals surface area contributed by atoms with Gasteiger partial charge in [0.2, 0.25) is 5.89 Å². The molecule has 0 aliphatic rings. The summed E-state index contributed by atoms with van der Waals surface area (Å²) in [7, 11) is 0. The number of ether oxygens (including phenoxy) is 1. The molecule has 0 unspecified atom stereocenters. The van der Waals surface area contributed by atoms with Crippen molar-refractivity contribution in [2.45, 2.75) is 18.4 Å². The number of hydrogen-bond donors (Lipinski definition) is 1. The Kier molecular flexibility index (Phi) is 8.13. The van der Waals surface area contributed by atoms with Crippen molar-refractivity contribution < 1.29 is 18.7 Å². The molecule has 7 heteroatoms. The third-order valence-electron chi connectivity index (χ3n) is 4.96. The average molecular weight is 473 g/mol. The summed E-state index contributed by atoms with van der Waals surface area (Å²) in [6.45, 7) is -0.0454. The van der Waals surface area contributed by atoms with Crippen molar-refractivity contribution in [1.82, 2.24) is 10.3 Å². The molecule has 0 radical (unpaired) electrons. The molecule has 172 valence electrons. The quantitative estimate of drug-likeness (QED) is 0.323. The number of esters is 1. The fourth-order valence-corrected chi connectivity index (χ4v) is 4.20. The molecule has 1 atom stereocenters. The second kappa shape index (κ2) is 11.9. The fourth-order valence-electron chi connectivity index (χ4n) is 3.20. The molecule has 4 rings (SSSR count). The van der Waals surface area contributed by atoms with Crippen LogP contribution in [0.5, 0.6) is 0 Å². The van der Waals surface area contributed by atoms with Crippen LogP contribution in [0, 0.1) is 0 Å². The van der Waals surface area contributed by atoms with Crippen LogP contribution in [0.2, 0.25) is 0 Å². The van der Waals surface area contributed by atoms with Crippen molar-refractivity contribution >= 4 is 23.6 Å². The lowest BCUT2D eigenvalue weighted by molar-refractivity contribution is -0.146. The van der Waals surface area contributed by atoms with Crippen LogP contribution in [0.1, 0.15) is 21.6 Å². The zero-order valence-corrected chi connectivity index (χ0v) is 19.2. The molecule has 0 fully saturated rings. The molecule has 1 heterocycles. The molecule has 1 aromatic heterocycles. The molecule has 6 nitrogen and oxygen atoms in total. The number of carbonyl (C=O) groups excluding carboxylic acids is 2. The summed E-state index contributed by atoms with van der Waals surface area (Å²) in [4.78, 5) is 30.0. The van der Waals surface area contributed by atoms with Gasteiger partial charge in [0.25, 0.3) is 5.91 Å². The first-order valence-electron chi connectivity index (χ1n) is 10.8. The number of amides is 1. The summed E-state index contributed by atoms with van der Waals surface area (Å²) >= 11 is 1.55. The zero-order chi connectivity index (χ0) is 23.6. The topological polar surface area (TPSA) is 81.4 Å². The molecule has 0 aliphatic heterocycles. The van der Waals surface area contributed by atoms with Gasteiger partial charge in [0.1, 0.15) is 24.6 Å². The van der Waals surface area contributed by atoms with E-state index >= 15 is 0 Å². The molecule has 0 aliphatic carbocycles. The monoisotopic (exact) mass is 472 g/mol. The Morgan fingerprint density at radius 2 is 1.56 bits per heavy atom. The van der Waals surface area contributed by atoms with E-state index in [4.69, 9.17) is 9.15 Å². The predicted molar refractivity (Wildman–Crippen MR) is 132 cm³/mol. The highest BCUT2D eigenvalue weighted by Crippen LogP contribution is 2.19. The van der Waals surface area contributed by atoms with Gasteiger partial charge < -0.3 is 14.5 Å². The van der Waals surface area contributed by atoms with Gasteiger partial charge in [-0.05, 0) is 29.8 Å². The lowest BCUT2D eigenvalue weighted by Crippen LogP contribution is -2.43. The van der Waals surface area contributed by atoms with E-state index in [1.165, 1.54) is 6.26 Å². The molecular weight excluding hydrogens is 448 g/mol. The third kappa shape index (κ3) is 6.59. The Balaban J connectivity index is 1.38. The highest BCUT2D eigenvalue weighted by Gasteiger charge is 2.23. The van der Waals surface area contributed by atoms with Crippen LogP contribution >= 0.6 is 11.8 Å². The van der Waals surface area contributed by atoms with Crippen LogP contribution in [-0.4, -0.2) is 28.7 Å². The first-order valence-corrected chi connectivity index (χ1v) is 12.0. The van der Waals surface area contributed by atoms with Crippen molar-refractivity contribution in [2.24, 2.45) is 0 Å². The van der Waals surface area contributed by atoms with Crippen molar-refractivity contribution in [3.8, 4) is 11.5 Å². The minimum absolute atomic E-state index is 0.0454. The summed E-state index contributed by atoms with van der Waals surface area (Å²) in [6.07, 6.45) is 1.47. The van der Waals surface area contributed by atoms with Crippen LogP contribution in [0.25, 0.3) is 11.5 Å². The molecule has 0 saturated carbocycles. The molecule has 4 aromatic rings. The maximum Gasteiger partial charge on any atom is 0.329 e. The molecule has 1 amide bonds. The molecule has 0 bridgehead atoms. The average Bonchev–Trinajstić information content (AvgIpc) is 3.37. The van der Waals surface area contributed by atoms with E-state index in [2.05, 4.69) is 10.3 Å². The van der Waals surface area contributed by atoms with Crippen molar-refractivity contribution in [2.75, 3.05) is 5.75 Å². The summed E-state index contributed by atoms with van der Waals surface area (Å²) in [6, 6.07) is 27.4. The summed E-state index contributed by atoms with van der Waals surface area (Å²) in [5, 5.41) is 2.81. The van der Waals surface area contributed by atoms with Gasteiger partial charge in [0.15, 0.2) is 0 Å². The van der Waals surface area contributed by atoms with Gasteiger partial charge in [-0.1, -0.05) is 66.7 Å². The first-order chi connectivity index (χ1) is 16.7. The largest absolute Gasteiger partial charge is 0.457 e. The molecule has 0 spiro atoms. The van der Waals surface area contributed by atoms with Crippen molar-refractivity contribution in [3.05, 3.63) is 114 Å². The number of thioether (sulfide) groups is 1. The summed E-state index contributed by atoms with van der Waals surface area (Å²) < 4.78 is 11.0. The van der Waals surface area contributed by atoms with E-state index in [9.17, 15) is 9.59 Å². The highest BCUT2D eigenvalue weighted by atomic mass is 32.2. The van der Waals surface area contributed by atoms with Gasteiger partial charge in [0.05, 0.1) is 0 Å². The van der Waals surface area contributed by atoms with E-state index < -0.39 is 12.0 Å². The van der Waals surface area contributed by atoms with Crippen LogP contribution in [-0.2, 0) is 21.9 Å². The van der Waals surface area contributed by atoms with E-state index in [-0.39, 0.29) is 12.5 Å². The maximum absolute atomic E-state index is 12.9. The zero-order valence-electron chi connectivity index (χ0n) is 18.4. The van der Waals surface area contributed by atoms with Crippen LogP contribution in [0.15, 0.2) is 102 Å². The van der Waals surface area contributed by atoms with Crippen molar-refractivity contribution in [3.63, 3.8) is 0 Å². The lowest BCUT2D eigenvalue weighted by atomic mass is 10.2. The molecule has 3 aromatic carbocycles. The highest BCUT2D eigenvalue weighted by molar-refractivity contribution is 7.98. The normalized spacial score (nSPS) is 11.5. The number of aromatic nitrogens is 1. The van der Waals surface area contributed by atoms with Gasteiger partial charge in [-0.3, -0.25) is 4.79 Å². The fraction of sp³-hybridized carbons (Fsp3) is 0.148. The smallest absolute Gasteiger partial charge is 0.329 e. The minimum atomic E-state index is -0.804. The van der Waals surface area contributed by atoms with E-state index in [1.54, 1.807) is 36.0 Å². The third-order valence-corrected chi connectivity index (χ3v) is 6.06. The minimum Gasteiger partial charge on any atom is -0.457 e. The van der Waals surface area contributed by atoms with Gasteiger partial charge in [0, 0.05) is 22.6 Å². The van der Waals surface area contributed by atoms with Crippen LogP contribution < -0.4 is 5.32 Å². The van der Waals surface area contributed by atoms with Crippen LogP contribution in [0.4, 0.5) is 0 Å². The van der Waals surface area contributed by atoms with Gasteiger partial charge >= 0.3 is 5.97 Å². The number of carbonyl (C=O) groups is 2. The van der Waals surface area contributed by atoms with Gasteiger partial charge in [-0.25, -0.2) is 9.78 Å². The number of nitrogens with one attached hydrogen (secondary N) is 1. The molecular formula is C27H24N2O4S. The number of hydrogen-bond acceptors (Lipinski definition) is 6. The molecule has 34 heavy (non-hydrogen) atoms. The van der Waals surface area contributed by atoms with Crippen molar-refractivity contribution in [1.29, 1.82) is 0 Å². The van der Waals surface area contributed by atoms with Gasteiger partial charge in [-0.15, -0.1) is 0 Å². The number of oxazole rings is 1. The number of nitrogens with zero attached hydrogens (tertiary/aromatic N) is 1. The Bertz CT molecular complexity index is 1200. The number of benzene rings is 3. The second-order valence-electron chi connectivity index (χ2n) is 7.51. The predicted octanol–water partition coefficient (Wildman–Crippen LogP) is 5.12. The SMILES string of the molecule is O=C(N[C@H](CSCc1ccccc1)C(=O)OCc1coc(-c2ccccc2)n1)c1ccccc1. The lowest BCUT2D eigenvalue weighted by Gasteiger charge is -2.17. The molecule has 0 saturated heterocycles. The molecule has 1 N–H and O–H groups in total. The Labute approximate surface area is 202 Å². The Morgan fingerprint density at radius 1 is 0.912 bits per heavy atom. The first kappa shape index (κ1) is 23.3. The Hall–Kier alpha value is -3.84. The summed E-state index contributed by atoms with van der Waals surface area (Å²) in [5.41, 5.74) is 2.96. The van der Waals surface area contributed by atoms with Crippen LogP contribution in [0.3, 0.4) is 0 Å². The number of rotatable bonds is 10. The van der Waals surface area contributed by atoms with E-state index in [1.807, 2.05) is 66.7 Å². The van der Waals surface area contributed by atoms with E-state index in [0.717, 1.165) is 16.9 Å². The van der Waals surface area contributed by atoms with Gasteiger partial charge in [-0.2, -0.15) is 11.8 Å². The second-order valence-corrected chi connectivity index (χ2v) is 8.54. The van der Waals surface area contributed by atoms with E-state index in [0.29, 0.717) is 22.9 Å². The maximum atomic E-state index is 12.9. The Morgan fingerprint density at radius 3 is 2.26 bits per heavy atom.